The third-order valence-corrected chi connectivity index (χ3v) is 17.0. The summed E-state index contributed by atoms with van der Waals surface area (Å²) in [5.74, 6) is -9.16. The molecular weight excluding hydrogens is 969 g/mol. The Hall–Kier alpha value is -6.85. The number of aliphatic carboxylic acids is 1. The Kier molecular flexibility index (Phi) is 12.8. The number of rotatable bonds is 14. The fraction of sp³-hybridized carbons (Fsp3) is 0.400. The van der Waals surface area contributed by atoms with Crippen LogP contribution in [0, 0.1) is 17.8 Å². The van der Waals surface area contributed by atoms with E-state index in [-0.39, 0.29) is 54.4 Å². The first-order chi connectivity index (χ1) is 36.1. The van der Waals surface area contributed by atoms with Crippen LogP contribution in [0.3, 0.4) is 0 Å². The molecule has 14 atom stereocenters. The first-order valence-corrected chi connectivity index (χ1v) is 25.2. The van der Waals surface area contributed by atoms with Crippen molar-refractivity contribution in [1.29, 1.82) is 0 Å². The quantitative estimate of drug-likeness (QED) is 0.0432. The molecule has 0 spiro atoms. The number of anilines is 2. The third kappa shape index (κ3) is 7.72. The molecule has 15 N–H and O–H groups in total. The van der Waals surface area contributed by atoms with Gasteiger partial charge in [0.25, 0.3) is 5.91 Å². The van der Waals surface area contributed by atoms with Gasteiger partial charge in [-0.05, 0) is 102 Å². The lowest BCUT2D eigenvalue weighted by Crippen LogP contribution is -2.67. The van der Waals surface area contributed by atoms with E-state index in [9.17, 15) is 55.9 Å². The molecule has 1 amide bonds. The summed E-state index contributed by atoms with van der Waals surface area (Å²) in [6, 6.07) is 18.1. The normalized spacial score (nSPS) is 33.4. The molecule has 75 heavy (non-hydrogen) atoms. The van der Waals surface area contributed by atoms with Crippen molar-refractivity contribution >= 4 is 35.5 Å². The van der Waals surface area contributed by atoms with Crippen LogP contribution < -0.4 is 20.7 Å². The first-order valence-electron chi connectivity index (χ1n) is 25.2. The average Bonchev–Trinajstić information content (AvgIpc) is 4.36. The number of aromatic amines is 2. The van der Waals surface area contributed by atoms with Crippen molar-refractivity contribution < 1.29 is 70.1 Å². The van der Waals surface area contributed by atoms with Crippen molar-refractivity contribution in [2.24, 2.45) is 23.5 Å². The smallest absolute Gasteiger partial charge is 0.355 e. The molecular formula is C55H60N6O14. The SMILES string of the molecule is N[C@H]1CC[C@@H]2C=Cc3ccccc3[C@]12[C@@H]1C(CCO)=C[C@]2(C(=O)O)[C@H]1c1cc(O)c(O[C@]3(O)O[C@H](CO)[C@@H](O)[C@H](O)[C@H]3O)cc1N2C(=O)/C=C/c1ccc(O)c([C@H]2C[C@@H](CO)[C@@H](CNc3ccc[nH]3)c3nc[nH]c32)c1. The van der Waals surface area contributed by atoms with Crippen molar-refractivity contribution in [1.82, 2.24) is 15.0 Å². The number of allylic oxidation sites excluding steroid dienone is 1. The third-order valence-electron chi connectivity index (χ3n) is 17.0. The van der Waals surface area contributed by atoms with Gasteiger partial charge in [0.15, 0.2) is 23.1 Å². The highest BCUT2D eigenvalue weighted by Gasteiger charge is 2.71. The highest BCUT2D eigenvalue weighted by molar-refractivity contribution is 6.13. The van der Waals surface area contributed by atoms with E-state index < -0.39 is 95.1 Å². The number of phenolic OH excluding ortho intramolecular Hbond substituents is 2. The molecule has 4 aliphatic carbocycles. The molecule has 2 aromatic heterocycles. The summed E-state index contributed by atoms with van der Waals surface area (Å²) in [4.78, 5) is 42.1. The number of aromatic hydroxyl groups is 2. The van der Waals surface area contributed by atoms with Gasteiger partial charge in [0.05, 0.1) is 24.3 Å². The summed E-state index contributed by atoms with van der Waals surface area (Å²) in [5.41, 5.74) is 8.84. The number of aliphatic hydroxyl groups excluding tert-OH is 6. The molecule has 0 bridgehead atoms. The minimum Gasteiger partial charge on any atom is -0.508 e. The van der Waals surface area contributed by atoms with Crippen molar-refractivity contribution in [2.75, 3.05) is 36.6 Å². The number of carboxylic acids is 1. The number of carbonyl (C=O) groups is 2. The summed E-state index contributed by atoms with van der Waals surface area (Å²) >= 11 is 0. The summed E-state index contributed by atoms with van der Waals surface area (Å²) in [6.07, 6.45) is 5.32. The highest BCUT2D eigenvalue weighted by Crippen LogP contribution is 2.69. The summed E-state index contributed by atoms with van der Waals surface area (Å²) in [6.45, 7) is -0.984. The number of ether oxygens (including phenoxy) is 2. The maximum absolute atomic E-state index is 15.4. The van der Waals surface area contributed by atoms with E-state index in [2.05, 4.69) is 26.3 Å². The number of phenols is 2. The molecule has 5 aromatic rings. The Balaban J connectivity index is 1.02. The zero-order valence-electron chi connectivity index (χ0n) is 40.5. The summed E-state index contributed by atoms with van der Waals surface area (Å²) < 4.78 is 11.1. The number of benzene rings is 3. The predicted octanol–water partition coefficient (Wildman–Crippen LogP) is 2.60. The lowest BCUT2D eigenvalue weighted by atomic mass is 9.53. The van der Waals surface area contributed by atoms with Gasteiger partial charge in [0.1, 0.15) is 29.9 Å². The topological polar surface area (TPSA) is 341 Å². The fourth-order valence-electron chi connectivity index (χ4n) is 13.7. The molecule has 394 valence electrons. The van der Waals surface area contributed by atoms with Crippen LogP contribution >= 0.6 is 0 Å². The molecule has 2 aliphatic heterocycles. The van der Waals surface area contributed by atoms with E-state index >= 15 is 4.79 Å². The second kappa shape index (κ2) is 19.1. The van der Waals surface area contributed by atoms with Crippen LogP contribution in [0.1, 0.15) is 82.6 Å². The molecule has 20 heteroatoms. The van der Waals surface area contributed by atoms with E-state index in [1.54, 1.807) is 24.7 Å². The predicted molar refractivity (Wildman–Crippen MR) is 270 cm³/mol. The molecule has 4 heterocycles. The van der Waals surface area contributed by atoms with E-state index in [1.165, 1.54) is 30.4 Å². The first kappa shape index (κ1) is 50.3. The summed E-state index contributed by atoms with van der Waals surface area (Å²) in [7, 11) is 0. The lowest BCUT2D eigenvalue weighted by Gasteiger charge is -2.50. The molecule has 0 unspecified atom stereocenters. The molecule has 1 saturated carbocycles. The monoisotopic (exact) mass is 1030 g/mol. The van der Waals surface area contributed by atoms with Gasteiger partial charge in [-0.25, -0.2) is 9.78 Å². The van der Waals surface area contributed by atoms with Crippen molar-refractivity contribution in [3.05, 3.63) is 142 Å². The molecule has 2 fully saturated rings. The zero-order valence-corrected chi connectivity index (χ0v) is 40.5. The molecule has 6 aliphatic rings. The van der Waals surface area contributed by atoms with Crippen LogP contribution in [0.5, 0.6) is 17.2 Å². The Labute approximate surface area is 429 Å². The van der Waals surface area contributed by atoms with Gasteiger partial charge in [0, 0.05) is 84.5 Å². The number of carboxylic acid groups (broad SMARTS) is 1. The second-order valence-electron chi connectivity index (χ2n) is 20.7. The Morgan fingerprint density at radius 1 is 0.947 bits per heavy atom. The molecule has 0 radical (unpaired) electrons. The summed E-state index contributed by atoms with van der Waals surface area (Å²) in [5, 5.41) is 114. The fourth-order valence-corrected chi connectivity index (χ4v) is 13.7. The van der Waals surface area contributed by atoms with Gasteiger partial charge in [-0.2, -0.15) is 0 Å². The highest BCUT2D eigenvalue weighted by atomic mass is 16.8. The second-order valence-corrected chi connectivity index (χ2v) is 20.7. The van der Waals surface area contributed by atoms with E-state index in [1.807, 2.05) is 42.5 Å². The molecule has 11 rings (SSSR count). The Morgan fingerprint density at radius 3 is 2.51 bits per heavy atom. The van der Waals surface area contributed by atoms with Crippen LogP contribution in [-0.4, -0.2) is 146 Å². The number of imidazole rings is 1. The number of hydrogen-bond acceptors (Lipinski definition) is 16. The Bertz CT molecular complexity index is 3100. The van der Waals surface area contributed by atoms with E-state index in [4.69, 9.17) is 15.2 Å². The van der Waals surface area contributed by atoms with Gasteiger partial charge in [-0.1, -0.05) is 48.1 Å². The van der Waals surface area contributed by atoms with Crippen molar-refractivity contribution in [2.45, 2.75) is 90.8 Å². The largest absolute Gasteiger partial charge is 0.508 e. The van der Waals surface area contributed by atoms with Gasteiger partial charge >= 0.3 is 11.9 Å². The van der Waals surface area contributed by atoms with E-state index in [0.717, 1.165) is 39.3 Å². The van der Waals surface area contributed by atoms with Gasteiger partial charge in [-0.3, -0.25) is 9.69 Å². The number of aliphatic hydroxyl groups is 7. The van der Waals surface area contributed by atoms with Crippen molar-refractivity contribution in [3.8, 4) is 17.2 Å². The molecule has 1 saturated heterocycles. The van der Waals surface area contributed by atoms with Crippen LogP contribution in [0.15, 0.2) is 103 Å². The van der Waals surface area contributed by atoms with Crippen LogP contribution in [-0.2, 0) is 19.7 Å². The van der Waals surface area contributed by atoms with Gasteiger partial charge < -0.3 is 81.6 Å². The number of fused-ring (bicyclic) bond motifs is 7. The minimum atomic E-state index is -3.20. The number of nitrogens with one attached hydrogen (secondary N) is 3. The number of nitrogens with zero attached hydrogens (tertiary/aromatic N) is 2. The maximum Gasteiger partial charge on any atom is 0.355 e. The van der Waals surface area contributed by atoms with Gasteiger partial charge in [-0.15, -0.1) is 0 Å². The Morgan fingerprint density at radius 2 is 1.76 bits per heavy atom. The average molecular weight is 1030 g/mol. The standard InChI is InChI=1S/C55H60N6O14/c56-42-13-11-31-10-9-28-4-1-2-5-36(28)54(31,42)45-29(15-17-62)22-53(52(71)72)46(45)34-20-39(66)40(74-55(73)51(70)50(69)49(68)41(25-64)75-55)21-37(34)61(53)44(67)14-8-27-7-12-38(65)32(18-27)33-19-30(24-63)35(48-47(33)59-26-60-48)23-58-43-6-3-16-57-43/h1-10,12,14,16,18,20-22,26,30-31,33,35,41-42,45-46,49-51,57-58,62-66,68-70,73H,11,13,15,17,19,23-25,56H2,(H,59,60)(H,71,72)/b14-8+/t30-,31-,33+,35+,41+,42-,45+,46-,49+,50-,51+,53+,54-,55-/m0/s1. The van der Waals surface area contributed by atoms with Crippen molar-refractivity contribution in [3.63, 3.8) is 0 Å². The maximum atomic E-state index is 15.4. The number of nitrogens with two attached hydrogens (primary N) is 1. The van der Waals surface area contributed by atoms with Gasteiger partial charge in [0.2, 0.25) is 0 Å². The zero-order chi connectivity index (χ0) is 52.7. The number of H-pyrrole nitrogens is 2. The number of carbonyl (C=O) groups excluding carboxylic acids is 1. The van der Waals surface area contributed by atoms with Crippen LogP contribution in [0.2, 0.25) is 0 Å². The van der Waals surface area contributed by atoms with E-state index in [0.29, 0.717) is 42.5 Å². The lowest BCUT2D eigenvalue weighted by molar-refractivity contribution is -0.422. The van der Waals surface area contributed by atoms with Crippen LogP contribution in [0.4, 0.5) is 11.5 Å². The number of hydrogen-bond donors (Lipinski definition) is 14. The number of aromatic nitrogens is 3. The minimum absolute atomic E-state index is 0.0166. The number of amides is 1. The molecule has 20 nitrogen and oxygen atoms in total. The molecule has 3 aromatic carbocycles. The van der Waals surface area contributed by atoms with Crippen LogP contribution in [0.25, 0.3) is 12.2 Å².